The molecule has 110 valence electrons. The van der Waals surface area contributed by atoms with Gasteiger partial charge in [0.15, 0.2) is 0 Å². The molecule has 0 aliphatic carbocycles. The van der Waals surface area contributed by atoms with E-state index in [1.54, 1.807) is 37.0 Å². The van der Waals surface area contributed by atoms with Crippen molar-refractivity contribution < 1.29 is 14.7 Å². The third kappa shape index (κ3) is 3.19. The summed E-state index contributed by atoms with van der Waals surface area (Å²) in [5, 5.41) is 16.2. The molecule has 1 amide bonds. The number of carbonyl (C=O) groups is 2. The lowest BCUT2D eigenvalue weighted by molar-refractivity contribution is -0.111. The van der Waals surface area contributed by atoms with E-state index in [0.29, 0.717) is 10.6 Å². The summed E-state index contributed by atoms with van der Waals surface area (Å²) in [5.74, 6) is -1.41. The molecule has 0 saturated heterocycles. The van der Waals surface area contributed by atoms with Crippen LogP contribution in [0.5, 0.6) is 0 Å². The van der Waals surface area contributed by atoms with Crippen LogP contribution < -0.4 is 5.32 Å². The van der Waals surface area contributed by atoms with Crippen LogP contribution >= 0.6 is 11.3 Å². The van der Waals surface area contributed by atoms with Crippen molar-refractivity contribution in [3.05, 3.63) is 40.0 Å². The quantitative estimate of drug-likeness (QED) is 0.850. The van der Waals surface area contributed by atoms with Crippen molar-refractivity contribution in [2.45, 2.75) is 13.8 Å². The number of aromatic nitrogens is 2. The van der Waals surface area contributed by atoms with Crippen LogP contribution in [0.2, 0.25) is 0 Å². The molecule has 0 unspecified atom stereocenters. The molecule has 2 N–H and O–H groups in total. The molecule has 7 heteroatoms. The highest BCUT2D eigenvalue weighted by atomic mass is 32.1. The van der Waals surface area contributed by atoms with Crippen LogP contribution in [0.1, 0.15) is 26.5 Å². The van der Waals surface area contributed by atoms with Crippen molar-refractivity contribution in [1.29, 1.82) is 0 Å². The van der Waals surface area contributed by atoms with Crippen molar-refractivity contribution in [3.63, 3.8) is 0 Å². The summed E-state index contributed by atoms with van der Waals surface area (Å²) in [6.45, 7) is 3.56. The number of rotatable bonds is 4. The van der Waals surface area contributed by atoms with Crippen molar-refractivity contribution >= 4 is 34.3 Å². The standard InChI is InChI=1S/C14H15N3O3S/c1-8-9(2)21-13(12(8)14(19)20)16-11(18)5-4-10-6-7-15-17(10)3/h4-7H,1-3H3,(H,16,18)(H,19,20)/b5-4+. The fourth-order valence-corrected chi connectivity index (χ4v) is 2.89. The molecule has 6 nitrogen and oxygen atoms in total. The van der Waals surface area contributed by atoms with E-state index in [2.05, 4.69) is 10.4 Å². The average molecular weight is 305 g/mol. The van der Waals surface area contributed by atoms with E-state index in [-0.39, 0.29) is 11.5 Å². The number of anilines is 1. The van der Waals surface area contributed by atoms with Crippen molar-refractivity contribution in [2.75, 3.05) is 5.32 Å². The summed E-state index contributed by atoms with van der Waals surface area (Å²) in [6.07, 6.45) is 4.61. The Morgan fingerprint density at radius 2 is 2.14 bits per heavy atom. The van der Waals surface area contributed by atoms with Crippen LogP contribution in [0, 0.1) is 13.8 Å². The number of thiophene rings is 1. The van der Waals surface area contributed by atoms with Gasteiger partial charge in [0.25, 0.3) is 0 Å². The highest BCUT2D eigenvalue weighted by Gasteiger charge is 2.19. The largest absolute Gasteiger partial charge is 0.478 e. The van der Waals surface area contributed by atoms with Crippen LogP contribution in [0.4, 0.5) is 5.00 Å². The second kappa shape index (κ2) is 5.92. The topological polar surface area (TPSA) is 84.2 Å². The van der Waals surface area contributed by atoms with Crippen LogP contribution in [-0.2, 0) is 11.8 Å². The molecule has 0 radical (unpaired) electrons. The zero-order valence-corrected chi connectivity index (χ0v) is 12.7. The number of carbonyl (C=O) groups excluding carboxylic acids is 1. The summed E-state index contributed by atoms with van der Waals surface area (Å²) in [6, 6.07) is 1.77. The second-order valence-electron chi connectivity index (χ2n) is 4.49. The molecule has 0 spiro atoms. The summed E-state index contributed by atoms with van der Waals surface area (Å²) < 4.78 is 1.63. The van der Waals surface area contributed by atoms with Gasteiger partial charge in [-0.3, -0.25) is 9.48 Å². The van der Waals surface area contributed by atoms with E-state index in [1.807, 2.05) is 6.92 Å². The molecule has 2 heterocycles. The van der Waals surface area contributed by atoms with Gasteiger partial charge in [0.05, 0.1) is 11.3 Å². The Kier molecular flexibility index (Phi) is 4.23. The smallest absolute Gasteiger partial charge is 0.338 e. The first-order valence-corrected chi connectivity index (χ1v) is 7.02. The van der Waals surface area contributed by atoms with Gasteiger partial charge in [-0.05, 0) is 31.6 Å². The van der Waals surface area contributed by atoms with E-state index in [1.165, 1.54) is 17.4 Å². The van der Waals surface area contributed by atoms with E-state index in [0.717, 1.165) is 10.6 Å². The first-order valence-electron chi connectivity index (χ1n) is 6.20. The number of hydrogen-bond acceptors (Lipinski definition) is 4. The molecular formula is C14H15N3O3S. The normalized spacial score (nSPS) is 11.0. The number of carboxylic acids is 1. The van der Waals surface area contributed by atoms with Gasteiger partial charge < -0.3 is 10.4 Å². The molecule has 0 aromatic carbocycles. The predicted octanol–water partition coefficient (Wildman–Crippen LogP) is 2.45. The monoisotopic (exact) mass is 305 g/mol. The molecule has 0 bridgehead atoms. The Hall–Kier alpha value is -2.41. The molecule has 0 atom stereocenters. The Labute approximate surface area is 125 Å². The molecule has 0 aliphatic rings. The number of nitrogens with one attached hydrogen (secondary N) is 1. The highest BCUT2D eigenvalue weighted by molar-refractivity contribution is 7.16. The zero-order valence-electron chi connectivity index (χ0n) is 11.9. The van der Waals surface area contributed by atoms with Gasteiger partial charge >= 0.3 is 5.97 Å². The first kappa shape index (κ1) is 15.0. The van der Waals surface area contributed by atoms with E-state index >= 15 is 0 Å². The van der Waals surface area contributed by atoms with Gasteiger partial charge in [-0.25, -0.2) is 4.79 Å². The second-order valence-corrected chi connectivity index (χ2v) is 5.72. The lowest BCUT2D eigenvalue weighted by atomic mass is 10.1. The summed E-state index contributed by atoms with van der Waals surface area (Å²) in [7, 11) is 1.77. The predicted molar refractivity (Wildman–Crippen MR) is 81.6 cm³/mol. The highest BCUT2D eigenvalue weighted by Crippen LogP contribution is 2.32. The van der Waals surface area contributed by atoms with Crippen molar-refractivity contribution in [2.24, 2.45) is 7.05 Å². The Balaban J connectivity index is 2.17. The number of carboxylic acid groups (broad SMARTS) is 1. The fourth-order valence-electron chi connectivity index (χ4n) is 1.83. The average Bonchev–Trinajstić information content (AvgIpc) is 2.92. The SMILES string of the molecule is Cc1sc(NC(=O)/C=C/c2ccnn2C)c(C(=O)O)c1C. The number of hydrogen-bond donors (Lipinski definition) is 2. The van der Waals surface area contributed by atoms with Crippen LogP contribution in [0.3, 0.4) is 0 Å². The number of aromatic carboxylic acids is 1. The van der Waals surface area contributed by atoms with Gasteiger partial charge in [-0.1, -0.05) is 0 Å². The molecule has 2 aromatic rings. The van der Waals surface area contributed by atoms with E-state index in [9.17, 15) is 14.7 Å². The van der Waals surface area contributed by atoms with Gasteiger partial charge in [0.2, 0.25) is 5.91 Å². The van der Waals surface area contributed by atoms with Gasteiger partial charge in [0.1, 0.15) is 5.00 Å². The summed E-state index contributed by atoms with van der Waals surface area (Å²) in [4.78, 5) is 24.0. The van der Waals surface area contributed by atoms with Crippen LogP contribution in [0.25, 0.3) is 6.08 Å². The number of aryl methyl sites for hydroxylation is 2. The van der Waals surface area contributed by atoms with Gasteiger partial charge in [-0.15, -0.1) is 11.3 Å². The molecule has 0 saturated carbocycles. The lowest BCUT2D eigenvalue weighted by Gasteiger charge is -2.01. The first-order chi connectivity index (χ1) is 9.90. The summed E-state index contributed by atoms with van der Waals surface area (Å²) in [5.41, 5.74) is 1.61. The Bertz CT molecular complexity index is 728. The molecule has 2 aromatic heterocycles. The maximum Gasteiger partial charge on any atom is 0.338 e. The minimum atomic E-state index is -1.04. The minimum absolute atomic E-state index is 0.153. The molecule has 0 aliphatic heterocycles. The van der Waals surface area contributed by atoms with Crippen LogP contribution in [0.15, 0.2) is 18.3 Å². The lowest BCUT2D eigenvalue weighted by Crippen LogP contribution is -2.10. The molecule has 21 heavy (non-hydrogen) atoms. The van der Waals surface area contributed by atoms with Crippen molar-refractivity contribution in [3.8, 4) is 0 Å². The van der Waals surface area contributed by atoms with E-state index < -0.39 is 5.97 Å². The third-order valence-corrected chi connectivity index (χ3v) is 4.22. The van der Waals surface area contributed by atoms with Gasteiger partial charge in [-0.2, -0.15) is 5.10 Å². The maximum atomic E-state index is 11.9. The zero-order chi connectivity index (χ0) is 15.6. The molecular weight excluding hydrogens is 290 g/mol. The van der Waals surface area contributed by atoms with Gasteiger partial charge in [0, 0.05) is 24.2 Å². The van der Waals surface area contributed by atoms with Crippen LogP contribution in [-0.4, -0.2) is 26.8 Å². The minimum Gasteiger partial charge on any atom is -0.478 e. The fraction of sp³-hybridized carbons (Fsp3) is 0.214. The number of amides is 1. The summed E-state index contributed by atoms with van der Waals surface area (Å²) >= 11 is 1.26. The Morgan fingerprint density at radius 1 is 1.43 bits per heavy atom. The molecule has 2 rings (SSSR count). The van der Waals surface area contributed by atoms with E-state index in [4.69, 9.17) is 0 Å². The third-order valence-electron chi connectivity index (χ3n) is 3.10. The molecule has 0 fully saturated rings. The number of nitrogens with zero attached hydrogens (tertiary/aromatic N) is 2. The Morgan fingerprint density at radius 3 is 2.71 bits per heavy atom. The maximum absolute atomic E-state index is 11.9. The van der Waals surface area contributed by atoms with Crippen molar-refractivity contribution in [1.82, 2.24) is 9.78 Å².